The number of aryl methyl sites for hydroxylation is 1. The molecule has 0 aliphatic rings. The van der Waals surface area contributed by atoms with E-state index in [1.165, 1.54) is 3.97 Å². The Morgan fingerprint density at radius 1 is 1.16 bits per heavy atom. The number of hydrogen-bond acceptors (Lipinski definition) is 4. The maximum atomic E-state index is 13.1. The molecule has 0 aliphatic heterocycles. The molecule has 0 atom stereocenters. The van der Waals surface area contributed by atoms with Crippen LogP contribution in [-0.4, -0.2) is 27.6 Å². The largest absolute Gasteiger partial charge is 0.285 e. The Balaban J connectivity index is 2.01. The number of hydrogen-bond donors (Lipinski definition) is 1. The Labute approximate surface area is 152 Å². The number of H-pyrrole nitrogens is 1. The summed E-state index contributed by atoms with van der Waals surface area (Å²) in [5, 5.41) is 7.43. The van der Waals surface area contributed by atoms with Gasteiger partial charge in [-0.15, -0.1) is 0 Å². The van der Waals surface area contributed by atoms with E-state index in [2.05, 4.69) is 31.1 Å². The Morgan fingerprint density at radius 2 is 1.92 bits per heavy atom. The molecule has 6 nitrogen and oxygen atoms in total. The number of nitrogens with zero attached hydrogens (tertiary/aromatic N) is 3. The summed E-state index contributed by atoms with van der Waals surface area (Å²) in [6.07, 6.45) is 6.55. The van der Waals surface area contributed by atoms with E-state index in [0.29, 0.717) is 5.65 Å². The fraction of sp³-hybridized carbons (Fsp3) is 0.0588. The van der Waals surface area contributed by atoms with Gasteiger partial charge in [0.05, 0.1) is 11.1 Å². The molecule has 0 unspecified atom stereocenters. The summed E-state index contributed by atoms with van der Waals surface area (Å²) in [4.78, 5) is 4.55. The van der Waals surface area contributed by atoms with E-state index in [-0.39, 0.29) is 4.90 Å². The van der Waals surface area contributed by atoms with Crippen LogP contribution < -0.4 is 0 Å². The summed E-state index contributed by atoms with van der Waals surface area (Å²) in [7, 11) is -3.76. The van der Waals surface area contributed by atoms with Crippen molar-refractivity contribution in [2.24, 2.45) is 0 Å². The molecule has 126 valence electrons. The van der Waals surface area contributed by atoms with Crippen molar-refractivity contribution in [1.29, 1.82) is 0 Å². The molecule has 25 heavy (non-hydrogen) atoms. The number of aromatic nitrogens is 4. The van der Waals surface area contributed by atoms with Crippen molar-refractivity contribution >= 4 is 37.0 Å². The van der Waals surface area contributed by atoms with E-state index in [9.17, 15) is 8.42 Å². The highest BCUT2D eigenvalue weighted by Gasteiger charge is 2.23. The van der Waals surface area contributed by atoms with E-state index in [1.807, 2.05) is 13.0 Å². The zero-order chi connectivity index (χ0) is 17.6. The van der Waals surface area contributed by atoms with Gasteiger partial charge in [0, 0.05) is 39.6 Å². The lowest BCUT2D eigenvalue weighted by molar-refractivity contribution is 0.589. The third-order valence-corrected chi connectivity index (χ3v) is 6.06. The molecule has 3 heterocycles. The number of rotatable bonds is 3. The fourth-order valence-corrected chi connectivity index (χ4v) is 4.34. The van der Waals surface area contributed by atoms with Gasteiger partial charge in [-0.25, -0.2) is 17.4 Å². The van der Waals surface area contributed by atoms with Crippen molar-refractivity contribution in [1.82, 2.24) is 19.2 Å². The first-order valence-corrected chi connectivity index (χ1v) is 9.68. The Bertz CT molecular complexity index is 1160. The minimum absolute atomic E-state index is 0.221. The van der Waals surface area contributed by atoms with Crippen molar-refractivity contribution in [2.45, 2.75) is 11.8 Å². The van der Waals surface area contributed by atoms with E-state index in [4.69, 9.17) is 0 Å². The summed E-state index contributed by atoms with van der Waals surface area (Å²) in [6, 6.07) is 8.62. The van der Waals surface area contributed by atoms with Crippen LogP contribution in [0.1, 0.15) is 5.56 Å². The van der Waals surface area contributed by atoms with Crippen LogP contribution in [0.4, 0.5) is 0 Å². The topological polar surface area (TPSA) is 80.6 Å². The van der Waals surface area contributed by atoms with Crippen molar-refractivity contribution in [3.8, 4) is 11.1 Å². The van der Waals surface area contributed by atoms with E-state index in [0.717, 1.165) is 26.5 Å². The molecule has 3 aromatic heterocycles. The molecule has 1 aromatic carbocycles. The van der Waals surface area contributed by atoms with E-state index < -0.39 is 10.0 Å². The van der Waals surface area contributed by atoms with Gasteiger partial charge in [0.25, 0.3) is 10.0 Å². The van der Waals surface area contributed by atoms with Gasteiger partial charge in [-0.1, -0.05) is 17.7 Å². The van der Waals surface area contributed by atoms with E-state index in [1.54, 1.807) is 49.1 Å². The van der Waals surface area contributed by atoms with Gasteiger partial charge in [-0.2, -0.15) is 5.10 Å². The lowest BCUT2D eigenvalue weighted by Crippen LogP contribution is -2.12. The first kappa shape index (κ1) is 16.0. The summed E-state index contributed by atoms with van der Waals surface area (Å²) in [5.41, 5.74) is 2.91. The van der Waals surface area contributed by atoms with Gasteiger partial charge < -0.3 is 0 Å². The van der Waals surface area contributed by atoms with Gasteiger partial charge in [-0.05, 0) is 41.1 Å². The van der Waals surface area contributed by atoms with Gasteiger partial charge in [0.15, 0.2) is 5.65 Å². The monoisotopic (exact) mass is 416 g/mol. The zero-order valence-corrected chi connectivity index (χ0v) is 15.5. The maximum absolute atomic E-state index is 13.1. The Morgan fingerprint density at radius 3 is 2.60 bits per heavy atom. The zero-order valence-electron chi connectivity index (χ0n) is 13.1. The summed E-state index contributed by atoms with van der Waals surface area (Å²) >= 11 is 3.40. The molecule has 0 amide bonds. The third-order valence-electron chi connectivity index (χ3n) is 3.97. The van der Waals surface area contributed by atoms with Gasteiger partial charge in [0.2, 0.25) is 0 Å². The van der Waals surface area contributed by atoms with Crippen LogP contribution in [0.15, 0.2) is 64.5 Å². The SMILES string of the molecule is Cc1ccc(S(=O)(=O)n2cc(-c3cn[nH]c3)c3cc(Br)cnc32)cc1. The molecule has 0 saturated heterocycles. The van der Waals surface area contributed by atoms with Gasteiger partial charge in [-0.3, -0.25) is 5.10 Å². The van der Waals surface area contributed by atoms with Crippen molar-refractivity contribution in [3.63, 3.8) is 0 Å². The second kappa shape index (κ2) is 5.82. The first-order valence-electron chi connectivity index (χ1n) is 7.45. The summed E-state index contributed by atoms with van der Waals surface area (Å²) in [6.45, 7) is 1.91. The highest BCUT2D eigenvalue weighted by atomic mass is 79.9. The van der Waals surface area contributed by atoms with Crippen LogP contribution in [-0.2, 0) is 10.0 Å². The van der Waals surface area contributed by atoms with Gasteiger partial charge >= 0.3 is 0 Å². The minimum atomic E-state index is -3.76. The molecule has 4 aromatic rings. The molecule has 0 aliphatic carbocycles. The molecule has 0 radical (unpaired) electrons. The quantitative estimate of drug-likeness (QED) is 0.551. The van der Waals surface area contributed by atoms with Crippen LogP contribution in [0.2, 0.25) is 0 Å². The average molecular weight is 417 g/mol. The second-order valence-electron chi connectivity index (χ2n) is 5.67. The predicted molar refractivity (Wildman–Crippen MR) is 98.8 cm³/mol. The standard InChI is InChI=1S/C17H13BrN4O2S/c1-11-2-4-14(5-3-11)25(23,24)22-10-16(12-7-20-21-8-12)15-6-13(18)9-19-17(15)22/h2-10H,1H3,(H,20,21). The van der Waals surface area contributed by atoms with Crippen LogP contribution in [0, 0.1) is 6.92 Å². The van der Waals surface area contributed by atoms with Crippen molar-refractivity contribution in [2.75, 3.05) is 0 Å². The van der Waals surface area contributed by atoms with E-state index >= 15 is 0 Å². The maximum Gasteiger partial charge on any atom is 0.269 e. The predicted octanol–water partition coefficient (Wildman–Crippen LogP) is 3.73. The van der Waals surface area contributed by atoms with Gasteiger partial charge in [0.1, 0.15) is 0 Å². The number of fused-ring (bicyclic) bond motifs is 1. The number of halogens is 1. The number of aromatic amines is 1. The smallest absolute Gasteiger partial charge is 0.269 e. The van der Waals surface area contributed by atoms with Crippen LogP contribution in [0.25, 0.3) is 22.2 Å². The van der Waals surface area contributed by atoms with Crippen molar-refractivity contribution in [3.05, 3.63) is 65.2 Å². The molecular weight excluding hydrogens is 404 g/mol. The second-order valence-corrected chi connectivity index (χ2v) is 8.40. The molecule has 0 fully saturated rings. The molecule has 8 heteroatoms. The average Bonchev–Trinajstić information content (AvgIpc) is 3.22. The molecular formula is C17H13BrN4O2S. The van der Waals surface area contributed by atoms with Crippen LogP contribution in [0.5, 0.6) is 0 Å². The highest BCUT2D eigenvalue weighted by Crippen LogP contribution is 2.33. The molecule has 0 spiro atoms. The van der Waals surface area contributed by atoms with Crippen LogP contribution >= 0.6 is 15.9 Å². The minimum Gasteiger partial charge on any atom is -0.285 e. The lowest BCUT2D eigenvalue weighted by Gasteiger charge is -2.07. The van der Waals surface area contributed by atoms with Crippen LogP contribution in [0.3, 0.4) is 0 Å². The van der Waals surface area contributed by atoms with Crippen molar-refractivity contribution < 1.29 is 8.42 Å². The molecule has 1 N–H and O–H groups in total. The Hall–Kier alpha value is -2.45. The third kappa shape index (κ3) is 2.67. The lowest BCUT2D eigenvalue weighted by atomic mass is 10.1. The fourth-order valence-electron chi connectivity index (χ4n) is 2.69. The first-order chi connectivity index (χ1) is 12.0. The molecule has 4 rings (SSSR count). The number of nitrogens with one attached hydrogen (secondary N) is 1. The highest BCUT2D eigenvalue weighted by molar-refractivity contribution is 9.10. The number of benzene rings is 1. The molecule has 0 bridgehead atoms. The normalized spacial score (nSPS) is 11.9. The number of pyridine rings is 1. The Kier molecular flexibility index (Phi) is 3.73. The molecule has 0 saturated carbocycles. The summed E-state index contributed by atoms with van der Waals surface area (Å²) in [5.74, 6) is 0. The summed E-state index contributed by atoms with van der Waals surface area (Å²) < 4.78 is 28.2.